The van der Waals surface area contributed by atoms with Crippen LogP contribution in [0.5, 0.6) is 0 Å². The van der Waals surface area contributed by atoms with Crippen LogP contribution in [-0.2, 0) is 9.53 Å². The molecule has 0 radical (unpaired) electrons. The second kappa shape index (κ2) is 6.66. The van der Waals surface area contributed by atoms with Gasteiger partial charge in [0, 0.05) is 19.5 Å². The molecule has 112 valence electrons. The minimum absolute atomic E-state index is 0.0876. The molecule has 4 nitrogen and oxygen atoms in total. The highest BCUT2D eigenvalue weighted by Crippen LogP contribution is 2.32. The Morgan fingerprint density at radius 3 is 2.65 bits per heavy atom. The van der Waals surface area contributed by atoms with Crippen LogP contribution >= 0.6 is 0 Å². The highest BCUT2D eigenvalue weighted by atomic mass is 16.5. The molecule has 0 bridgehead atoms. The summed E-state index contributed by atoms with van der Waals surface area (Å²) in [6, 6.07) is 0.0876. The number of likely N-dealkylation sites (N-methyl/N-ethyl adjacent to an activating group) is 1. The minimum Gasteiger partial charge on any atom is -0.379 e. The van der Waals surface area contributed by atoms with Crippen molar-refractivity contribution in [2.24, 2.45) is 0 Å². The number of Topliss-reactive ketones (excluding diaryl/α,β-unsaturated/α-hetero) is 1. The van der Waals surface area contributed by atoms with Gasteiger partial charge in [-0.15, -0.1) is 0 Å². The molecule has 1 heterocycles. The Morgan fingerprint density at radius 2 is 2.05 bits per heavy atom. The molecule has 1 aliphatic heterocycles. The Bertz CT molecular complexity index is 397. The lowest BCUT2D eigenvalue weighted by Crippen LogP contribution is -2.66. The molecule has 20 heavy (non-hydrogen) atoms. The van der Waals surface area contributed by atoms with Gasteiger partial charge in [0.25, 0.3) is 0 Å². The summed E-state index contributed by atoms with van der Waals surface area (Å²) in [4.78, 5) is 17.4. The van der Waals surface area contributed by atoms with Crippen LogP contribution in [0.25, 0.3) is 0 Å². The first-order valence-corrected chi connectivity index (χ1v) is 7.51. The van der Waals surface area contributed by atoms with Crippen molar-refractivity contribution in [2.45, 2.75) is 31.3 Å². The van der Waals surface area contributed by atoms with E-state index in [1.54, 1.807) is 0 Å². The highest BCUT2D eigenvalue weighted by Gasteiger charge is 2.48. The number of nitrogens with zero attached hydrogens (tertiary/aromatic N) is 2. The monoisotopic (exact) mass is 278 g/mol. The van der Waals surface area contributed by atoms with Gasteiger partial charge in [0.1, 0.15) is 5.54 Å². The van der Waals surface area contributed by atoms with Crippen LogP contribution in [0.15, 0.2) is 24.3 Å². The molecule has 0 aromatic heterocycles. The normalized spacial score (nSPS) is 30.9. The standard InChI is InChI=1S/C16H26N2O2/c1-4-7-15(19)16(18-10-12-20-13-11-18)9-6-5-8-14(16)17(2)3/h5-6,8-9,14H,4,7,10-13H2,1-3H3. The molecule has 0 spiro atoms. The lowest BCUT2D eigenvalue weighted by molar-refractivity contribution is -0.134. The molecular formula is C16H26N2O2. The minimum atomic E-state index is -0.530. The molecule has 1 saturated heterocycles. The maximum atomic E-state index is 12.9. The molecule has 4 heteroatoms. The van der Waals surface area contributed by atoms with E-state index in [9.17, 15) is 4.79 Å². The predicted octanol–water partition coefficient (Wildman–Crippen LogP) is 1.48. The first-order valence-electron chi connectivity index (χ1n) is 7.51. The fourth-order valence-electron chi connectivity index (χ4n) is 3.27. The number of hydrogen-bond donors (Lipinski definition) is 0. The topological polar surface area (TPSA) is 32.8 Å². The van der Waals surface area contributed by atoms with Gasteiger partial charge in [-0.25, -0.2) is 0 Å². The molecule has 2 atom stereocenters. The fourth-order valence-corrected chi connectivity index (χ4v) is 3.27. The zero-order valence-electron chi connectivity index (χ0n) is 12.8. The maximum absolute atomic E-state index is 12.9. The number of carbonyl (C=O) groups is 1. The van der Waals surface area contributed by atoms with Gasteiger partial charge in [0.2, 0.25) is 0 Å². The van der Waals surface area contributed by atoms with Crippen LogP contribution < -0.4 is 0 Å². The van der Waals surface area contributed by atoms with Gasteiger partial charge in [-0.1, -0.05) is 31.2 Å². The van der Waals surface area contributed by atoms with Crippen molar-refractivity contribution in [1.82, 2.24) is 9.80 Å². The van der Waals surface area contributed by atoms with Gasteiger partial charge < -0.3 is 9.64 Å². The molecule has 0 saturated carbocycles. The van der Waals surface area contributed by atoms with Gasteiger partial charge in [0.15, 0.2) is 5.78 Å². The predicted molar refractivity (Wildman–Crippen MR) is 80.8 cm³/mol. The van der Waals surface area contributed by atoms with Gasteiger partial charge in [-0.05, 0) is 20.5 Å². The second-order valence-corrected chi connectivity index (χ2v) is 5.75. The van der Waals surface area contributed by atoms with Crippen LogP contribution in [0.1, 0.15) is 19.8 Å². The molecule has 1 aliphatic carbocycles. The van der Waals surface area contributed by atoms with Crippen molar-refractivity contribution in [1.29, 1.82) is 0 Å². The number of carbonyl (C=O) groups excluding carboxylic acids is 1. The van der Waals surface area contributed by atoms with Crippen molar-refractivity contribution in [3.8, 4) is 0 Å². The van der Waals surface area contributed by atoms with E-state index < -0.39 is 5.54 Å². The van der Waals surface area contributed by atoms with Gasteiger partial charge in [0.05, 0.1) is 19.3 Å². The Labute approximate surface area is 122 Å². The fraction of sp³-hybridized carbons (Fsp3) is 0.688. The molecular weight excluding hydrogens is 252 g/mol. The Hall–Kier alpha value is -0.970. The summed E-state index contributed by atoms with van der Waals surface area (Å²) in [5, 5.41) is 0. The van der Waals surface area contributed by atoms with E-state index in [2.05, 4.69) is 28.9 Å². The zero-order valence-corrected chi connectivity index (χ0v) is 12.8. The SMILES string of the molecule is CCCC(=O)C1(N2CCOCC2)C=CC=CC1N(C)C. The first kappa shape index (κ1) is 15.4. The van der Waals surface area contributed by atoms with E-state index in [1.807, 2.05) is 26.2 Å². The number of rotatable bonds is 5. The van der Waals surface area contributed by atoms with Crippen molar-refractivity contribution in [2.75, 3.05) is 40.4 Å². The van der Waals surface area contributed by atoms with E-state index in [1.165, 1.54) is 0 Å². The van der Waals surface area contributed by atoms with Crippen LogP contribution in [0.4, 0.5) is 0 Å². The highest BCUT2D eigenvalue weighted by molar-refractivity contribution is 5.92. The van der Waals surface area contributed by atoms with Crippen LogP contribution in [0, 0.1) is 0 Å². The molecule has 0 N–H and O–H groups in total. The Morgan fingerprint density at radius 1 is 1.35 bits per heavy atom. The molecule has 0 aromatic carbocycles. The van der Waals surface area contributed by atoms with E-state index in [-0.39, 0.29) is 6.04 Å². The van der Waals surface area contributed by atoms with E-state index in [0.29, 0.717) is 25.4 Å². The number of allylic oxidation sites excluding steroid dienone is 2. The molecule has 1 fully saturated rings. The van der Waals surface area contributed by atoms with Crippen LogP contribution in [0.3, 0.4) is 0 Å². The average molecular weight is 278 g/mol. The molecule has 2 unspecified atom stereocenters. The largest absolute Gasteiger partial charge is 0.379 e. The number of ether oxygens (including phenoxy) is 1. The van der Waals surface area contributed by atoms with Crippen molar-refractivity contribution < 1.29 is 9.53 Å². The summed E-state index contributed by atoms with van der Waals surface area (Å²) in [6.45, 7) is 5.12. The van der Waals surface area contributed by atoms with Crippen LogP contribution in [-0.4, -0.2) is 67.6 Å². The first-order chi connectivity index (χ1) is 9.63. The third-order valence-electron chi connectivity index (χ3n) is 4.22. The number of morpholine rings is 1. The maximum Gasteiger partial charge on any atom is 0.158 e. The quantitative estimate of drug-likeness (QED) is 0.763. The number of ketones is 1. The van der Waals surface area contributed by atoms with Crippen molar-refractivity contribution in [3.05, 3.63) is 24.3 Å². The molecule has 0 amide bonds. The summed E-state index contributed by atoms with van der Waals surface area (Å²) in [5.74, 6) is 0.321. The van der Waals surface area contributed by atoms with Crippen LogP contribution in [0.2, 0.25) is 0 Å². The van der Waals surface area contributed by atoms with Gasteiger partial charge in [-0.2, -0.15) is 0 Å². The Kier molecular flexibility index (Phi) is 5.13. The average Bonchev–Trinajstić information content (AvgIpc) is 2.48. The third kappa shape index (κ3) is 2.73. The molecule has 0 aromatic rings. The lowest BCUT2D eigenvalue weighted by atomic mass is 9.78. The second-order valence-electron chi connectivity index (χ2n) is 5.75. The van der Waals surface area contributed by atoms with Crippen molar-refractivity contribution >= 4 is 5.78 Å². The van der Waals surface area contributed by atoms with Gasteiger partial charge >= 0.3 is 0 Å². The summed E-state index contributed by atoms with van der Waals surface area (Å²) in [7, 11) is 4.09. The molecule has 2 rings (SSSR count). The Balaban J connectivity index is 2.38. The summed E-state index contributed by atoms with van der Waals surface area (Å²) in [5.41, 5.74) is -0.530. The zero-order chi connectivity index (χ0) is 14.6. The molecule has 2 aliphatic rings. The number of hydrogen-bond acceptors (Lipinski definition) is 4. The van der Waals surface area contributed by atoms with Crippen molar-refractivity contribution in [3.63, 3.8) is 0 Å². The lowest BCUT2D eigenvalue weighted by Gasteiger charge is -2.49. The summed E-state index contributed by atoms with van der Waals surface area (Å²) >= 11 is 0. The smallest absolute Gasteiger partial charge is 0.158 e. The third-order valence-corrected chi connectivity index (χ3v) is 4.22. The van der Waals surface area contributed by atoms with E-state index >= 15 is 0 Å². The van der Waals surface area contributed by atoms with E-state index in [4.69, 9.17) is 4.74 Å². The summed E-state index contributed by atoms with van der Waals surface area (Å²) < 4.78 is 5.46. The van der Waals surface area contributed by atoms with E-state index in [0.717, 1.165) is 19.5 Å². The summed E-state index contributed by atoms with van der Waals surface area (Å²) in [6.07, 6.45) is 9.82. The van der Waals surface area contributed by atoms with Gasteiger partial charge in [-0.3, -0.25) is 9.69 Å².